The van der Waals surface area contributed by atoms with Gasteiger partial charge in [-0.1, -0.05) is 152 Å². The van der Waals surface area contributed by atoms with Crippen molar-refractivity contribution in [3.8, 4) is 56.4 Å². The van der Waals surface area contributed by atoms with Gasteiger partial charge in [-0.15, -0.1) is 0 Å². The van der Waals surface area contributed by atoms with Crippen LogP contribution in [0.25, 0.3) is 100 Å². The Morgan fingerprint density at radius 3 is 1.35 bits per heavy atom. The van der Waals surface area contributed by atoms with Crippen molar-refractivity contribution in [2.24, 2.45) is 0 Å². The molecule has 0 amide bonds. The third-order valence-corrected chi connectivity index (χ3v) is 11.7. The smallest absolute Gasteiger partial charge is 0.160 e. The number of aromatic nitrogens is 4. The number of nitrogens with zero attached hydrogens (tertiary/aromatic N) is 4. The van der Waals surface area contributed by atoms with E-state index in [0.29, 0.717) is 0 Å². The monoisotopic (exact) mass is 726 g/mol. The van der Waals surface area contributed by atoms with Gasteiger partial charge in [0.2, 0.25) is 0 Å². The van der Waals surface area contributed by atoms with E-state index in [1.807, 2.05) is 6.07 Å². The highest BCUT2D eigenvalue weighted by molar-refractivity contribution is 6.11. The molecule has 57 heavy (non-hydrogen) atoms. The molecule has 0 atom stereocenters. The van der Waals surface area contributed by atoms with Crippen molar-refractivity contribution in [2.75, 3.05) is 0 Å². The van der Waals surface area contributed by atoms with Crippen LogP contribution in [-0.4, -0.2) is 19.1 Å². The lowest BCUT2D eigenvalue weighted by Crippen LogP contribution is -2.01. The van der Waals surface area contributed by atoms with Gasteiger partial charge in [-0.05, 0) is 59.2 Å². The summed E-state index contributed by atoms with van der Waals surface area (Å²) >= 11 is 0. The zero-order valence-electron chi connectivity index (χ0n) is 31.0. The summed E-state index contributed by atoms with van der Waals surface area (Å²) in [6.45, 7) is 0. The normalized spacial score (nSPS) is 12.1. The Labute approximate surface area is 329 Å². The number of hydrogen-bond acceptors (Lipinski definition) is 2. The summed E-state index contributed by atoms with van der Waals surface area (Å²) in [5, 5.41) is 4.96. The van der Waals surface area contributed by atoms with E-state index in [0.717, 1.165) is 57.3 Å². The predicted molar refractivity (Wildman–Crippen MR) is 235 cm³/mol. The van der Waals surface area contributed by atoms with Crippen LogP contribution in [0.4, 0.5) is 0 Å². The summed E-state index contributed by atoms with van der Waals surface area (Å²) in [5.74, 6) is 0.737. The Balaban J connectivity index is 1.17. The van der Waals surface area contributed by atoms with Crippen LogP contribution in [-0.2, 0) is 6.42 Å². The van der Waals surface area contributed by atoms with Crippen molar-refractivity contribution in [3.05, 3.63) is 205 Å². The van der Waals surface area contributed by atoms with Crippen LogP contribution in [0.15, 0.2) is 194 Å². The maximum atomic E-state index is 5.42. The molecule has 4 nitrogen and oxygen atoms in total. The van der Waals surface area contributed by atoms with Gasteiger partial charge in [-0.2, -0.15) is 0 Å². The largest absolute Gasteiger partial charge is 0.309 e. The molecule has 0 saturated heterocycles. The van der Waals surface area contributed by atoms with Gasteiger partial charge in [0.1, 0.15) is 0 Å². The fraction of sp³-hybridized carbons (Fsp3) is 0.0189. The molecule has 0 saturated carbocycles. The number of para-hydroxylation sites is 4. The topological polar surface area (TPSA) is 35.6 Å². The average Bonchev–Trinajstić information content (AvgIpc) is 3.94. The maximum absolute atomic E-state index is 5.42. The molecule has 0 spiro atoms. The Hall–Kier alpha value is -7.56. The predicted octanol–water partition coefficient (Wildman–Crippen LogP) is 13.2. The van der Waals surface area contributed by atoms with Crippen molar-refractivity contribution in [3.63, 3.8) is 0 Å². The first-order chi connectivity index (χ1) is 28.3. The van der Waals surface area contributed by atoms with Crippen molar-refractivity contribution >= 4 is 43.6 Å². The van der Waals surface area contributed by atoms with Crippen LogP contribution in [0.2, 0.25) is 0 Å². The molecule has 12 rings (SSSR count). The number of benzene rings is 8. The van der Waals surface area contributed by atoms with Crippen molar-refractivity contribution in [1.29, 1.82) is 0 Å². The third-order valence-electron chi connectivity index (χ3n) is 11.7. The lowest BCUT2D eigenvalue weighted by molar-refractivity contribution is 1.13. The van der Waals surface area contributed by atoms with E-state index in [9.17, 15) is 0 Å². The molecule has 0 aliphatic heterocycles. The third kappa shape index (κ3) is 4.87. The number of rotatable bonds is 5. The van der Waals surface area contributed by atoms with Crippen LogP contribution in [0.3, 0.4) is 0 Å². The first kappa shape index (κ1) is 31.8. The Bertz CT molecular complexity index is 3130. The van der Waals surface area contributed by atoms with E-state index in [1.54, 1.807) is 0 Å². The van der Waals surface area contributed by atoms with Crippen LogP contribution < -0.4 is 0 Å². The van der Waals surface area contributed by atoms with Crippen LogP contribution in [0.1, 0.15) is 11.1 Å². The maximum Gasteiger partial charge on any atom is 0.160 e. The molecule has 11 aromatic rings. The van der Waals surface area contributed by atoms with Gasteiger partial charge in [0.05, 0.1) is 33.5 Å². The van der Waals surface area contributed by atoms with Gasteiger partial charge >= 0.3 is 0 Å². The fourth-order valence-corrected chi connectivity index (χ4v) is 9.28. The molecule has 0 fully saturated rings. The quantitative estimate of drug-likeness (QED) is 0.177. The molecule has 3 aromatic heterocycles. The van der Waals surface area contributed by atoms with Gasteiger partial charge < -0.3 is 9.13 Å². The first-order valence-corrected chi connectivity index (χ1v) is 19.6. The van der Waals surface area contributed by atoms with Gasteiger partial charge in [-0.3, -0.25) is 0 Å². The molecular formula is C53H34N4. The van der Waals surface area contributed by atoms with E-state index in [1.165, 1.54) is 60.3 Å². The highest BCUT2D eigenvalue weighted by atomic mass is 15.0. The zero-order chi connectivity index (χ0) is 37.5. The summed E-state index contributed by atoms with van der Waals surface area (Å²) in [7, 11) is 0. The van der Waals surface area contributed by atoms with E-state index in [2.05, 4.69) is 197 Å². The molecule has 4 heteroatoms. The Kier molecular flexibility index (Phi) is 6.96. The highest BCUT2D eigenvalue weighted by Gasteiger charge is 2.29. The lowest BCUT2D eigenvalue weighted by Gasteiger charge is -2.17. The van der Waals surface area contributed by atoms with E-state index >= 15 is 0 Å². The number of hydrogen-bond donors (Lipinski definition) is 0. The van der Waals surface area contributed by atoms with Crippen molar-refractivity contribution < 1.29 is 0 Å². The summed E-state index contributed by atoms with van der Waals surface area (Å²) in [5.41, 5.74) is 17.0. The minimum Gasteiger partial charge on any atom is -0.309 e. The minimum atomic E-state index is 0.737. The molecular weight excluding hydrogens is 693 g/mol. The van der Waals surface area contributed by atoms with Gasteiger partial charge in [0, 0.05) is 61.6 Å². The lowest BCUT2D eigenvalue weighted by atomic mass is 9.95. The molecule has 3 heterocycles. The summed E-state index contributed by atoms with van der Waals surface area (Å²) < 4.78 is 4.87. The summed E-state index contributed by atoms with van der Waals surface area (Å²) in [6, 6.07) is 69.9. The second-order valence-corrected chi connectivity index (χ2v) is 14.9. The Morgan fingerprint density at radius 1 is 0.368 bits per heavy atom. The molecule has 0 radical (unpaired) electrons. The van der Waals surface area contributed by atoms with Crippen LogP contribution in [0, 0.1) is 0 Å². The zero-order valence-corrected chi connectivity index (χ0v) is 31.0. The van der Waals surface area contributed by atoms with Crippen molar-refractivity contribution in [2.45, 2.75) is 6.42 Å². The second-order valence-electron chi connectivity index (χ2n) is 14.9. The van der Waals surface area contributed by atoms with E-state index in [-0.39, 0.29) is 0 Å². The summed E-state index contributed by atoms with van der Waals surface area (Å²) in [6.07, 6.45) is 0.768. The second kappa shape index (κ2) is 12.5. The molecule has 1 aliphatic rings. The molecule has 266 valence electrons. The van der Waals surface area contributed by atoms with Crippen molar-refractivity contribution in [1.82, 2.24) is 19.1 Å². The van der Waals surface area contributed by atoms with Crippen LogP contribution in [0.5, 0.6) is 0 Å². The standard InChI is InChI=1S/C53H34N4/c1-3-16-34(17-4-1)51-45-32-36-20-15-25-40(50(36)52(45)55-53(54-51)35-18-5-2-6-19-35)37-30-38(56-46-26-11-7-21-41(46)42-22-8-12-27-47(42)56)33-39(31-37)57-48-28-13-9-23-43(48)44-24-10-14-29-49(44)57/h1-31,33H,32H2. The van der Waals surface area contributed by atoms with Gasteiger partial charge in [-0.25, -0.2) is 9.97 Å². The Morgan fingerprint density at radius 2 is 0.825 bits per heavy atom. The SMILES string of the molecule is c1ccc(-c2nc(-c3ccccc3)c3c(n2)-c2c(cccc2-c2cc(-n4c5ccccc5c5ccccc54)cc(-n4c5ccccc5c5ccccc54)c2)C3)cc1. The molecule has 0 bridgehead atoms. The first-order valence-electron chi connectivity index (χ1n) is 19.6. The number of fused-ring (bicyclic) bond motifs is 9. The van der Waals surface area contributed by atoms with E-state index in [4.69, 9.17) is 9.97 Å². The van der Waals surface area contributed by atoms with Gasteiger partial charge in [0.15, 0.2) is 5.82 Å². The molecule has 0 unspecified atom stereocenters. The minimum absolute atomic E-state index is 0.737. The van der Waals surface area contributed by atoms with Crippen LogP contribution >= 0.6 is 0 Å². The molecule has 8 aromatic carbocycles. The molecule has 1 aliphatic carbocycles. The fourth-order valence-electron chi connectivity index (χ4n) is 9.28. The highest BCUT2D eigenvalue weighted by Crippen LogP contribution is 2.47. The average molecular weight is 727 g/mol. The summed E-state index contributed by atoms with van der Waals surface area (Å²) in [4.78, 5) is 10.7. The molecule has 0 N–H and O–H groups in total. The van der Waals surface area contributed by atoms with Gasteiger partial charge in [0.25, 0.3) is 0 Å². The van der Waals surface area contributed by atoms with E-state index < -0.39 is 0 Å².